The molecule has 0 aromatic heterocycles. The third-order valence-electron chi connectivity index (χ3n) is 3.04. The number of hydrogen-bond acceptors (Lipinski definition) is 2. The van der Waals surface area contributed by atoms with Gasteiger partial charge in [-0.2, -0.15) is 5.26 Å². The minimum atomic E-state index is -0.663. The molecule has 0 aromatic rings. The highest BCUT2D eigenvalue weighted by molar-refractivity contribution is 5.94. The van der Waals surface area contributed by atoms with Crippen molar-refractivity contribution >= 4 is 5.78 Å². The number of nitriles is 1. The SMILES string of the molecule is CCC1(C#N)CCC(C)(C)C1=O. The van der Waals surface area contributed by atoms with Crippen LogP contribution < -0.4 is 0 Å². The first-order valence-corrected chi connectivity index (χ1v) is 4.45. The van der Waals surface area contributed by atoms with E-state index < -0.39 is 5.41 Å². The highest BCUT2D eigenvalue weighted by Crippen LogP contribution is 2.47. The summed E-state index contributed by atoms with van der Waals surface area (Å²) in [5, 5.41) is 8.95. The highest BCUT2D eigenvalue weighted by atomic mass is 16.1. The third kappa shape index (κ3) is 1.04. The van der Waals surface area contributed by atoms with E-state index in [1.807, 2.05) is 20.8 Å². The lowest BCUT2D eigenvalue weighted by Gasteiger charge is -2.20. The van der Waals surface area contributed by atoms with E-state index in [4.69, 9.17) is 5.26 Å². The summed E-state index contributed by atoms with van der Waals surface area (Å²) in [5.41, 5.74) is -0.935. The summed E-state index contributed by atoms with van der Waals surface area (Å²) in [6, 6.07) is 2.18. The molecule has 0 N–H and O–H groups in total. The quantitative estimate of drug-likeness (QED) is 0.598. The average molecular weight is 165 g/mol. The van der Waals surface area contributed by atoms with E-state index in [1.165, 1.54) is 0 Å². The van der Waals surface area contributed by atoms with Gasteiger partial charge in [-0.1, -0.05) is 20.8 Å². The van der Waals surface area contributed by atoms with Gasteiger partial charge in [0.25, 0.3) is 0 Å². The Labute approximate surface area is 73.6 Å². The van der Waals surface area contributed by atoms with Crippen LogP contribution in [0.25, 0.3) is 0 Å². The number of nitrogens with zero attached hydrogens (tertiary/aromatic N) is 1. The van der Waals surface area contributed by atoms with Crippen LogP contribution in [0.4, 0.5) is 0 Å². The summed E-state index contributed by atoms with van der Waals surface area (Å²) >= 11 is 0. The normalized spacial score (nSPS) is 33.3. The van der Waals surface area contributed by atoms with E-state index in [0.717, 1.165) is 12.8 Å². The summed E-state index contributed by atoms with van der Waals surface area (Å²) in [7, 11) is 0. The first-order valence-electron chi connectivity index (χ1n) is 4.45. The molecule has 0 bridgehead atoms. The van der Waals surface area contributed by atoms with Crippen molar-refractivity contribution in [3.8, 4) is 6.07 Å². The molecule has 0 aromatic carbocycles. The van der Waals surface area contributed by atoms with Gasteiger partial charge in [-0.15, -0.1) is 0 Å². The molecule has 1 aliphatic rings. The number of carbonyl (C=O) groups excluding carboxylic acids is 1. The maximum absolute atomic E-state index is 11.8. The smallest absolute Gasteiger partial charge is 0.158 e. The second-order valence-electron chi connectivity index (χ2n) is 4.26. The van der Waals surface area contributed by atoms with E-state index in [0.29, 0.717) is 6.42 Å². The van der Waals surface area contributed by atoms with Crippen molar-refractivity contribution in [2.24, 2.45) is 10.8 Å². The molecule has 0 saturated heterocycles. The molecule has 0 heterocycles. The number of carbonyl (C=O) groups is 1. The van der Waals surface area contributed by atoms with Crippen molar-refractivity contribution in [1.29, 1.82) is 5.26 Å². The standard InChI is InChI=1S/C10H15NO/c1-4-10(7-11)6-5-9(2,3)8(10)12/h4-6H2,1-3H3. The second kappa shape index (κ2) is 2.58. The van der Waals surface area contributed by atoms with Crippen LogP contribution in [0.1, 0.15) is 40.0 Å². The topological polar surface area (TPSA) is 40.9 Å². The minimum absolute atomic E-state index is 0.139. The number of rotatable bonds is 1. The molecule has 2 nitrogen and oxygen atoms in total. The fourth-order valence-electron chi connectivity index (χ4n) is 1.92. The van der Waals surface area contributed by atoms with Crippen LogP contribution in [0, 0.1) is 22.2 Å². The minimum Gasteiger partial charge on any atom is -0.297 e. The summed E-state index contributed by atoms with van der Waals surface area (Å²) < 4.78 is 0. The second-order valence-corrected chi connectivity index (χ2v) is 4.26. The van der Waals surface area contributed by atoms with E-state index >= 15 is 0 Å². The Morgan fingerprint density at radius 3 is 2.25 bits per heavy atom. The molecule has 1 unspecified atom stereocenters. The van der Waals surface area contributed by atoms with Gasteiger partial charge < -0.3 is 0 Å². The fourth-order valence-corrected chi connectivity index (χ4v) is 1.92. The van der Waals surface area contributed by atoms with Crippen molar-refractivity contribution in [1.82, 2.24) is 0 Å². The third-order valence-corrected chi connectivity index (χ3v) is 3.04. The molecule has 1 saturated carbocycles. The zero-order valence-corrected chi connectivity index (χ0v) is 7.98. The molecule has 0 spiro atoms. The molecular formula is C10H15NO. The Kier molecular flexibility index (Phi) is 1.99. The van der Waals surface area contributed by atoms with Crippen LogP contribution in [0.15, 0.2) is 0 Å². The summed E-state index contributed by atoms with van der Waals surface area (Å²) in [5.74, 6) is 0.139. The van der Waals surface area contributed by atoms with Crippen molar-refractivity contribution in [3.05, 3.63) is 0 Å². The fraction of sp³-hybridized carbons (Fsp3) is 0.800. The van der Waals surface area contributed by atoms with Crippen molar-refractivity contribution in [2.45, 2.75) is 40.0 Å². The van der Waals surface area contributed by atoms with Gasteiger partial charge in [-0.25, -0.2) is 0 Å². The lowest BCUT2D eigenvalue weighted by Crippen LogP contribution is -2.30. The van der Waals surface area contributed by atoms with Gasteiger partial charge in [0, 0.05) is 5.41 Å². The van der Waals surface area contributed by atoms with Gasteiger partial charge in [0.05, 0.1) is 6.07 Å². The lowest BCUT2D eigenvalue weighted by atomic mass is 9.79. The van der Waals surface area contributed by atoms with Crippen LogP contribution in [-0.2, 0) is 4.79 Å². The van der Waals surface area contributed by atoms with E-state index in [1.54, 1.807) is 0 Å². The Bertz CT molecular complexity index is 249. The summed E-state index contributed by atoms with van der Waals surface area (Å²) in [6.07, 6.45) is 2.25. The maximum atomic E-state index is 11.8. The molecular weight excluding hydrogens is 150 g/mol. The van der Waals surface area contributed by atoms with Gasteiger partial charge in [-0.3, -0.25) is 4.79 Å². The zero-order valence-electron chi connectivity index (χ0n) is 7.98. The van der Waals surface area contributed by atoms with Crippen LogP contribution in [-0.4, -0.2) is 5.78 Å². The van der Waals surface area contributed by atoms with Crippen molar-refractivity contribution in [3.63, 3.8) is 0 Å². The Morgan fingerprint density at radius 2 is 2.08 bits per heavy atom. The van der Waals surface area contributed by atoms with Gasteiger partial charge in [0.1, 0.15) is 5.41 Å². The van der Waals surface area contributed by atoms with Crippen LogP contribution >= 0.6 is 0 Å². The number of Topliss-reactive ketones (excluding diaryl/α,β-unsaturated/α-hetero) is 1. The van der Waals surface area contributed by atoms with E-state index in [2.05, 4.69) is 6.07 Å². The van der Waals surface area contributed by atoms with E-state index in [-0.39, 0.29) is 11.2 Å². The Morgan fingerprint density at radius 1 is 1.50 bits per heavy atom. The number of hydrogen-bond donors (Lipinski definition) is 0. The number of ketones is 1. The van der Waals surface area contributed by atoms with Gasteiger partial charge in [-0.05, 0) is 19.3 Å². The first kappa shape index (κ1) is 9.25. The molecule has 1 atom stereocenters. The molecule has 2 heteroatoms. The Hall–Kier alpha value is -0.840. The molecule has 0 amide bonds. The Balaban J connectivity index is 3.01. The average Bonchev–Trinajstić information content (AvgIpc) is 2.27. The van der Waals surface area contributed by atoms with Crippen LogP contribution in [0.3, 0.4) is 0 Å². The zero-order chi connectivity index (χ0) is 9.41. The molecule has 12 heavy (non-hydrogen) atoms. The highest BCUT2D eigenvalue weighted by Gasteiger charge is 2.51. The van der Waals surface area contributed by atoms with Crippen LogP contribution in [0.2, 0.25) is 0 Å². The molecule has 1 rings (SSSR count). The van der Waals surface area contributed by atoms with Crippen molar-refractivity contribution in [2.75, 3.05) is 0 Å². The molecule has 0 radical (unpaired) electrons. The molecule has 1 fully saturated rings. The van der Waals surface area contributed by atoms with Gasteiger partial charge in [0.15, 0.2) is 5.78 Å². The van der Waals surface area contributed by atoms with Gasteiger partial charge in [0.2, 0.25) is 0 Å². The molecule has 0 aliphatic heterocycles. The predicted molar refractivity (Wildman–Crippen MR) is 46.4 cm³/mol. The van der Waals surface area contributed by atoms with Crippen LogP contribution in [0.5, 0.6) is 0 Å². The van der Waals surface area contributed by atoms with Gasteiger partial charge >= 0.3 is 0 Å². The summed E-state index contributed by atoms with van der Waals surface area (Å²) in [6.45, 7) is 5.79. The predicted octanol–water partition coefficient (Wildman–Crippen LogP) is 2.30. The van der Waals surface area contributed by atoms with E-state index in [9.17, 15) is 4.79 Å². The lowest BCUT2D eigenvalue weighted by molar-refractivity contribution is -0.130. The molecule has 1 aliphatic carbocycles. The first-order chi connectivity index (χ1) is 5.48. The molecule has 66 valence electrons. The largest absolute Gasteiger partial charge is 0.297 e. The monoisotopic (exact) mass is 165 g/mol. The maximum Gasteiger partial charge on any atom is 0.158 e. The van der Waals surface area contributed by atoms with Crippen molar-refractivity contribution < 1.29 is 4.79 Å². The summed E-state index contributed by atoms with van der Waals surface area (Å²) in [4.78, 5) is 11.8.